The summed E-state index contributed by atoms with van der Waals surface area (Å²) in [5.41, 5.74) is 3.40. The maximum absolute atomic E-state index is 12.5. The van der Waals surface area contributed by atoms with Crippen LogP contribution < -0.4 is 5.32 Å². The highest BCUT2D eigenvalue weighted by molar-refractivity contribution is 5.94. The van der Waals surface area contributed by atoms with Crippen LogP contribution in [0.3, 0.4) is 0 Å². The molecule has 0 unspecified atom stereocenters. The molecule has 5 nitrogen and oxygen atoms in total. The summed E-state index contributed by atoms with van der Waals surface area (Å²) in [5, 5.41) is 3.19. The van der Waals surface area contributed by atoms with Crippen molar-refractivity contribution < 1.29 is 9.59 Å². The van der Waals surface area contributed by atoms with E-state index in [0.29, 0.717) is 31.0 Å². The monoisotopic (exact) mass is 363 g/mol. The van der Waals surface area contributed by atoms with Crippen molar-refractivity contribution in [2.75, 3.05) is 13.1 Å². The van der Waals surface area contributed by atoms with Crippen molar-refractivity contribution in [2.24, 2.45) is 0 Å². The molecule has 1 atom stereocenters. The molecule has 0 saturated carbocycles. The number of likely N-dealkylation sites (tertiary alicyclic amines) is 1. The molecule has 4 rings (SSSR count). The molecule has 5 heteroatoms. The van der Waals surface area contributed by atoms with Crippen molar-refractivity contribution in [3.63, 3.8) is 0 Å². The lowest BCUT2D eigenvalue weighted by Gasteiger charge is -2.32. The van der Waals surface area contributed by atoms with Crippen molar-refractivity contribution in [3.8, 4) is 0 Å². The predicted molar refractivity (Wildman–Crippen MR) is 103 cm³/mol. The Hall–Kier alpha value is -2.69. The first-order valence-corrected chi connectivity index (χ1v) is 9.77. The van der Waals surface area contributed by atoms with Gasteiger partial charge in [-0.15, -0.1) is 0 Å². The average molecular weight is 363 g/mol. The Morgan fingerprint density at radius 1 is 1.04 bits per heavy atom. The second-order valence-corrected chi connectivity index (χ2v) is 7.51. The molecule has 1 aliphatic heterocycles. The van der Waals surface area contributed by atoms with Crippen molar-refractivity contribution in [1.82, 2.24) is 15.2 Å². The molecule has 2 aromatic rings. The molecule has 2 aliphatic rings. The Morgan fingerprint density at radius 3 is 2.56 bits per heavy atom. The summed E-state index contributed by atoms with van der Waals surface area (Å²) in [6.45, 7) is 1.36. The van der Waals surface area contributed by atoms with Crippen LogP contribution in [-0.2, 0) is 11.2 Å². The lowest BCUT2D eigenvalue weighted by atomic mass is 9.96. The first-order valence-electron chi connectivity index (χ1n) is 9.77. The van der Waals surface area contributed by atoms with Gasteiger partial charge in [-0.2, -0.15) is 0 Å². The van der Waals surface area contributed by atoms with E-state index in [1.165, 1.54) is 11.1 Å². The molecular weight excluding hydrogens is 338 g/mol. The lowest BCUT2D eigenvalue weighted by Crippen LogP contribution is -2.46. The third kappa shape index (κ3) is 4.02. The van der Waals surface area contributed by atoms with Gasteiger partial charge in [0.2, 0.25) is 5.91 Å². The molecule has 0 radical (unpaired) electrons. The van der Waals surface area contributed by atoms with Crippen LogP contribution in [0, 0.1) is 0 Å². The van der Waals surface area contributed by atoms with E-state index in [1.54, 1.807) is 24.5 Å². The summed E-state index contributed by atoms with van der Waals surface area (Å²) in [5.74, 6) is 0.523. The van der Waals surface area contributed by atoms with Gasteiger partial charge in [0.15, 0.2) is 0 Å². The summed E-state index contributed by atoms with van der Waals surface area (Å²) < 4.78 is 0. The van der Waals surface area contributed by atoms with Gasteiger partial charge in [0, 0.05) is 43.5 Å². The Kier molecular flexibility index (Phi) is 5.19. The number of hydrogen-bond donors (Lipinski definition) is 1. The largest absolute Gasteiger partial charge is 0.353 e. The minimum absolute atomic E-state index is 0.0461. The Balaban J connectivity index is 1.26. The summed E-state index contributed by atoms with van der Waals surface area (Å²) in [7, 11) is 0. The second-order valence-electron chi connectivity index (χ2n) is 7.51. The lowest BCUT2D eigenvalue weighted by molar-refractivity contribution is -0.122. The maximum atomic E-state index is 12.5. The number of hydrogen-bond acceptors (Lipinski definition) is 3. The van der Waals surface area contributed by atoms with Crippen molar-refractivity contribution >= 4 is 11.8 Å². The van der Waals surface area contributed by atoms with Gasteiger partial charge < -0.3 is 10.2 Å². The highest BCUT2D eigenvalue weighted by atomic mass is 16.2. The smallest absolute Gasteiger partial charge is 0.253 e. The van der Waals surface area contributed by atoms with Gasteiger partial charge in [0.05, 0.1) is 0 Å². The first kappa shape index (κ1) is 17.7. The zero-order valence-corrected chi connectivity index (χ0v) is 15.4. The normalized spacial score (nSPS) is 19.6. The molecule has 1 aliphatic carbocycles. The number of amides is 2. The SMILES string of the molecule is O=C(C[C@H]1CCc2ccccc21)NC1CCN(C(=O)c2ccncc2)CC1. The molecule has 27 heavy (non-hydrogen) atoms. The molecule has 1 aromatic carbocycles. The third-order valence-corrected chi connectivity index (χ3v) is 5.76. The van der Waals surface area contributed by atoms with E-state index in [9.17, 15) is 9.59 Å². The van der Waals surface area contributed by atoms with Gasteiger partial charge in [-0.3, -0.25) is 14.6 Å². The van der Waals surface area contributed by atoms with Crippen LogP contribution in [0.15, 0.2) is 48.8 Å². The van der Waals surface area contributed by atoms with Crippen molar-refractivity contribution in [2.45, 2.75) is 44.1 Å². The van der Waals surface area contributed by atoms with Crippen LogP contribution in [0.1, 0.15) is 53.1 Å². The Labute approximate surface area is 159 Å². The molecule has 0 spiro atoms. The summed E-state index contributed by atoms with van der Waals surface area (Å²) >= 11 is 0. The molecule has 1 N–H and O–H groups in total. The van der Waals surface area contributed by atoms with E-state index < -0.39 is 0 Å². The molecule has 1 fully saturated rings. The quantitative estimate of drug-likeness (QED) is 0.908. The number of fused-ring (bicyclic) bond motifs is 1. The van der Waals surface area contributed by atoms with E-state index in [0.717, 1.165) is 25.7 Å². The van der Waals surface area contributed by atoms with Crippen molar-refractivity contribution in [3.05, 3.63) is 65.5 Å². The molecule has 140 valence electrons. The zero-order chi connectivity index (χ0) is 18.6. The van der Waals surface area contributed by atoms with E-state index in [4.69, 9.17) is 0 Å². The predicted octanol–water partition coefficient (Wildman–Crippen LogP) is 2.92. The number of benzene rings is 1. The van der Waals surface area contributed by atoms with Gasteiger partial charge in [-0.05, 0) is 54.9 Å². The van der Waals surface area contributed by atoms with E-state index in [1.807, 2.05) is 4.90 Å². The fourth-order valence-electron chi connectivity index (χ4n) is 4.27. The average Bonchev–Trinajstić information content (AvgIpc) is 3.11. The first-order chi connectivity index (χ1) is 13.2. The van der Waals surface area contributed by atoms with Gasteiger partial charge in [0.25, 0.3) is 5.91 Å². The maximum Gasteiger partial charge on any atom is 0.253 e. The van der Waals surface area contributed by atoms with Crippen LogP contribution in [0.25, 0.3) is 0 Å². The highest BCUT2D eigenvalue weighted by Gasteiger charge is 2.27. The number of nitrogens with zero attached hydrogens (tertiary/aromatic N) is 2. The Morgan fingerprint density at radius 2 is 1.78 bits per heavy atom. The van der Waals surface area contributed by atoms with Crippen LogP contribution >= 0.6 is 0 Å². The van der Waals surface area contributed by atoms with Gasteiger partial charge in [-0.25, -0.2) is 0 Å². The van der Waals surface area contributed by atoms with Gasteiger partial charge in [0.1, 0.15) is 0 Å². The standard InChI is InChI=1S/C22H25N3O2/c26-21(15-18-6-5-16-3-1-2-4-20(16)18)24-19-9-13-25(14-10-19)22(27)17-7-11-23-12-8-17/h1-4,7-8,11-12,18-19H,5-6,9-10,13-15H2,(H,24,26)/t18-/m1/s1. The number of aryl methyl sites for hydroxylation is 1. The zero-order valence-electron chi connectivity index (χ0n) is 15.4. The molecular formula is C22H25N3O2. The number of carbonyl (C=O) groups is 2. The minimum Gasteiger partial charge on any atom is -0.353 e. The van der Waals surface area contributed by atoms with E-state index in [2.05, 4.69) is 34.6 Å². The molecule has 1 aromatic heterocycles. The van der Waals surface area contributed by atoms with Crippen LogP contribution in [0.2, 0.25) is 0 Å². The number of nitrogens with one attached hydrogen (secondary N) is 1. The van der Waals surface area contributed by atoms with Crippen LogP contribution in [-0.4, -0.2) is 40.8 Å². The molecule has 0 bridgehead atoms. The minimum atomic E-state index is 0.0461. The molecule has 2 amide bonds. The molecule has 1 saturated heterocycles. The molecule has 2 heterocycles. The fraction of sp³-hybridized carbons (Fsp3) is 0.409. The summed E-state index contributed by atoms with van der Waals surface area (Å²) in [6, 6.07) is 12.1. The fourth-order valence-corrected chi connectivity index (χ4v) is 4.27. The van der Waals surface area contributed by atoms with Crippen LogP contribution in [0.5, 0.6) is 0 Å². The number of piperidine rings is 1. The summed E-state index contributed by atoms with van der Waals surface area (Å²) in [4.78, 5) is 30.8. The topological polar surface area (TPSA) is 62.3 Å². The number of rotatable bonds is 4. The van der Waals surface area contributed by atoms with Crippen LogP contribution in [0.4, 0.5) is 0 Å². The third-order valence-electron chi connectivity index (χ3n) is 5.76. The highest BCUT2D eigenvalue weighted by Crippen LogP contribution is 2.35. The van der Waals surface area contributed by atoms with Crippen molar-refractivity contribution in [1.29, 1.82) is 0 Å². The van der Waals surface area contributed by atoms with E-state index >= 15 is 0 Å². The summed E-state index contributed by atoms with van der Waals surface area (Å²) in [6.07, 6.45) is 7.60. The Bertz CT molecular complexity index is 813. The van der Waals surface area contributed by atoms with E-state index in [-0.39, 0.29) is 17.9 Å². The number of carbonyl (C=O) groups excluding carboxylic acids is 2. The second kappa shape index (κ2) is 7.91. The van der Waals surface area contributed by atoms with Gasteiger partial charge >= 0.3 is 0 Å². The van der Waals surface area contributed by atoms with Gasteiger partial charge in [-0.1, -0.05) is 24.3 Å². The number of aromatic nitrogens is 1. The number of pyridine rings is 1.